The minimum atomic E-state index is -0.886. The zero-order valence-electron chi connectivity index (χ0n) is 24.2. The van der Waals surface area contributed by atoms with Crippen LogP contribution >= 0.6 is 11.8 Å². The Morgan fingerprint density at radius 3 is 2.45 bits per heavy atom. The lowest BCUT2D eigenvalue weighted by molar-refractivity contribution is -0.132. The van der Waals surface area contributed by atoms with Gasteiger partial charge in [0.05, 0.1) is 18.2 Å². The maximum atomic E-state index is 13.5. The molecule has 0 bridgehead atoms. The summed E-state index contributed by atoms with van der Waals surface area (Å²) in [7, 11) is 0. The molecule has 2 aromatic rings. The third-order valence-corrected chi connectivity index (χ3v) is 9.36. The van der Waals surface area contributed by atoms with Crippen molar-refractivity contribution in [2.45, 2.75) is 88.4 Å². The maximum absolute atomic E-state index is 13.5. The van der Waals surface area contributed by atoms with Crippen molar-refractivity contribution < 1.29 is 19.8 Å². The predicted molar refractivity (Wildman–Crippen MR) is 161 cm³/mol. The van der Waals surface area contributed by atoms with Crippen LogP contribution in [0.4, 0.5) is 0 Å². The van der Waals surface area contributed by atoms with Crippen molar-refractivity contribution in [1.29, 1.82) is 0 Å². The van der Waals surface area contributed by atoms with Gasteiger partial charge in [-0.1, -0.05) is 43.5 Å². The molecule has 7 nitrogen and oxygen atoms in total. The Morgan fingerprint density at radius 1 is 1.05 bits per heavy atom. The van der Waals surface area contributed by atoms with E-state index in [1.54, 1.807) is 36.9 Å². The first kappa shape index (κ1) is 30.4. The van der Waals surface area contributed by atoms with Gasteiger partial charge >= 0.3 is 0 Å². The molecule has 4 N–H and O–H groups in total. The molecule has 0 radical (unpaired) electrons. The summed E-state index contributed by atoms with van der Waals surface area (Å²) >= 11 is 1.57. The summed E-state index contributed by atoms with van der Waals surface area (Å²) in [6.07, 6.45) is 4.67. The normalized spacial score (nSPS) is 23.1. The number of phenolic OH excluding ortho intramolecular Hbond substituents is 1. The van der Waals surface area contributed by atoms with Gasteiger partial charge in [-0.15, -0.1) is 11.8 Å². The van der Waals surface area contributed by atoms with Crippen LogP contribution in [-0.4, -0.2) is 69.5 Å². The highest BCUT2D eigenvalue weighted by molar-refractivity contribution is 7.99. The van der Waals surface area contributed by atoms with Crippen LogP contribution in [0.5, 0.6) is 5.75 Å². The van der Waals surface area contributed by atoms with E-state index >= 15 is 0 Å². The van der Waals surface area contributed by atoms with E-state index in [-0.39, 0.29) is 29.1 Å². The highest BCUT2D eigenvalue weighted by atomic mass is 32.2. The summed E-state index contributed by atoms with van der Waals surface area (Å²) in [6, 6.07) is 13.9. The Balaban J connectivity index is 1.54. The van der Waals surface area contributed by atoms with Gasteiger partial charge in [0, 0.05) is 40.4 Å². The molecule has 1 aliphatic carbocycles. The molecule has 3 unspecified atom stereocenters. The van der Waals surface area contributed by atoms with Crippen molar-refractivity contribution in [2.75, 3.05) is 18.8 Å². The number of β-amino-alcohol motifs (C(OH)–C–C–N with tert-alkyl or cyclic N) is 1. The van der Waals surface area contributed by atoms with Crippen molar-refractivity contribution in [2.24, 2.45) is 11.8 Å². The molecule has 0 spiro atoms. The van der Waals surface area contributed by atoms with E-state index in [9.17, 15) is 19.8 Å². The Morgan fingerprint density at radius 2 is 1.75 bits per heavy atom. The van der Waals surface area contributed by atoms with Gasteiger partial charge < -0.3 is 20.8 Å². The zero-order chi connectivity index (χ0) is 28.9. The number of benzene rings is 2. The number of thioether (sulfide) groups is 1. The monoisotopic (exact) mass is 567 g/mol. The minimum Gasteiger partial charge on any atom is -0.508 e. The number of phenols is 1. The number of aliphatic hydroxyl groups is 1. The minimum absolute atomic E-state index is 0.0124. The summed E-state index contributed by atoms with van der Waals surface area (Å²) in [5, 5.41) is 28.0. The second-order valence-electron chi connectivity index (χ2n) is 12.5. The van der Waals surface area contributed by atoms with E-state index in [4.69, 9.17) is 0 Å². The van der Waals surface area contributed by atoms with Crippen LogP contribution < -0.4 is 10.6 Å². The number of piperidine rings is 1. The first-order valence-electron chi connectivity index (χ1n) is 14.5. The van der Waals surface area contributed by atoms with Crippen LogP contribution in [0.1, 0.15) is 68.8 Å². The molecule has 1 heterocycles. The fraction of sp³-hybridized carbons (Fsp3) is 0.562. The number of aromatic hydroxyl groups is 1. The average molecular weight is 568 g/mol. The number of rotatable bonds is 9. The second-order valence-corrected chi connectivity index (χ2v) is 13.6. The lowest BCUT2D eigenvalue weighted by atomic mass is 9.72. The predicted octanol–water partition coefficient (Wildman–Crippen LogP) is 4.75. The number of carbonyl (C=O) groups excluding carboxylic acids is 2. The number of amides is 2. The highest BCUT2D eigenvalue weighted by Crippen LogP contribution is 2.39. The molecule has 1 aliphatic heterocycles. The van der Waals surface area contributed by atoms with Crippen molar-refractivity contribution in [3.05, 3.63) is 59.7 Å². The topological polar surface area (TPSA) is 102 Å². The lowest BCUT2D eigenvalue weighted by Crippen LogP contribution is -2.60. The van der Waals surface area contributed by atoms with E-state index in [0.717, 1.165) is 30.7 Å². The molecule has 2 fully saturated rings. The third kappa shape index (κ3) is 8.02. The van der Waals surface area contributed by atoms with E-state index < -0.39 is 12.1 Å². The average Bonchev–Trinajstić information content (AvgIpc) is 2.91. The summed E-state index contributed by atoms with van der Waals surface area (Å²) in [5.74, 6) is 1.27. The highest BCUT2D eigenvalue weighted by Gasteiger charge is 2.41. The van der Waals surface area contributed by atoms with Crippen LogP contribution in [0.3, 0.4) is 0 Å². The smallest absolute Gasteiger partial charge is 0.252 e. The van der Waals surface area contributed by atoms with E-state index in [1.165, 1.54) is 12.8 Å². The summed E-state index contributed by atoms with van der Waals surface area (Å²) < 4.78 is 0. The van der Waals surface area contributed by atoms with Crippen molar-refractivity contribution >= 4 is 23.6 Å². The van der Waals surface area contributed by atoms with Gasteiger partial charge in [-0.05, 0) is 76.6 Å². The van der Waals surface area contributed by atoms with Gasteiger partial charge in [0.1, 0.15) is 5.75 Å². The van der Waals surface area contributed by atoms with Gasteiger partial charge in [0.15, 0.2) is 0 Å². The fourth-order valence-corrected chi connectivity index (χ4v) is 7.09. The fourth-order valence-electron chi connectivity index (χ4n) is 6.06. The lowest BCUT2D eigenvalue weighted by Gasteiger charge is -2.47. The number of hydrogen-bond acceptors (Lipinski definition) is 6. The number of hydrogen-bond donors (Lipinski definition) is 4. The molecule has 5 atom stereocenters. The maximum Gasteiger partial charge on any atom is 0.252 e. The van der Waals surface area contributed by atoms with E-state index in [2.05, 4.69) is 15.5 Å². The van der Waals surface area contributed by atoms with E-state index in [1.807, 2.05) is 51.1 Å². The van der Waals surface area contributed by atoms with Gasteiger partial charge in [0.2, 0.25) is 5.91 Å². The van der Waals surface area contributed by atoms with Gasteiger partial charge in [0.25, 0.3) is 5.91 Å². The summed E-state index contributed by atoms with van der Waals surface area (Å²) in [6.45, 7) is 8.76. The zero-order valence-corrected chi connectivity index (χ0v) is 25.0. The van der Waals surface area contributed by atoms with Crippen molar-refractivity contribution in [3.8, 4) is 5.75 Å². The Hall–Kier alpha value is -2.55. The molecule has 40 heavy (non-hydrogen) atoms. The Kier molecular flexibility index (Phi) is 10.2. The number of aliphatic hydroxyl groups excluding tert-OH is 1. The van der Waals surface area contributed by atoms with Crippen molar-refractivity contribution in [1.82, 2.24) is 15.5 Å². The third-order valence-electron chi connectivity index (χ3n) is 8.23. The van der Waals surface area contributed by atoms with Gasteiger partial charge in [-0.2, -0.15) is 0 Å². The number of fused-ring (bicyclic) bond motifs is 1. The van der Waals surface area contributed by atoms with Crippen LogP contribution in [0.2, 0.25) is 0 Å². The number of likely N-dealkylation sites (tertiary alicyclic amines) is 1. The van der Waals surface area contributed by atoms with Crippen LogP contribution in [0, 0.1) is 18.8 Å². The molecule has 1 saturated heterocycles. The standard InChI is InChI=1S/C32H45N3O4S/c1-21-25(15-10-16-28(21)36)30(38)33-26(20-40-24-13-6-5-7-14-24)29(37)19-35-18-23-12-9-8-11-22(23)17-27(35)31(39)34-32(2,3)4/h5-7,10,13-16,22-23,26-27,29,36-37H,8-9,11-12,17-20H2,1-4H3,(H,33,38)(H,34,39)/t22?,23?,26-,27-,29?/m0/s1. The Labute approximate surface area is 243 Å². The molecular weight excluding hydrogens is 522 g/mol. The quantitative estimate of drug-likeness (QED) is 0.327. The first-order valence-corrected chi connectivity index (χ1v) is 15.5. The molecule has 2 aliphatic rings. The van der Waals surface area contributed by atoms with E-state index in [0.29, 0.717) is 35.3 Å². The molecule has 8 heteroatoms. The molecule has 4 rings (SSSR count). The molecule has 2 aromatic carbocycles. The molecule has 218 valence electrons. The summed E-state index contributed by atoms with van der Waals surface area (Å²) in [4.78, 5) is 30.0. The Bertz CT molecular complexity index is 1150. The molecule has 0 aromatic heterocycles. The second kappa shape index (κ2) is 13.4. The van der Waals surface area contributed by atoms with Crippen molar-refractivity contribution in [3.63, 3.8) is 0 Å². The van der Waals surface area contributed by atoms with Gasteiger partial charge in [-0.3, -0.25) is 14.5 Å². The molecule has 1 saturated carbocycles. The largest absolute Gasteiger partial charge is 0.508 e. The van der Waals surface area contributed by atoms with Crippen LogP contribution in [0.15, 0.2) is 53.4 Å². The van der Waals surface area contributed by atoms with Crippen LogP contribution in [-0.2, 0) is 4.79 Å². The number of nitrogens with zero attached hydrogens (tertiary/aromatic N) is 1. The van der Waals surface area contributed by atoms with Gasteiger partial charge in [-0.25, -0.2) is 0 Å². The number of carbonyl (C=O) groups is 2. The van der Waals surface area contributed by atoms with Crippen LogP contribution in [0.25, 0.3) is 0 Å². The molecule has 2 amide bonds. The SMILES string of the molecule is Cc1c(O)cccc1C(=O)N[C@@H](CSc1ccccc1)C(O)CN1CC2CCCCC2C[C@H]1C(=O)NC(C)(C)C. The number of nitrogens with one attached hydrogen (secondary N) is 2. The summed E-state index contributed by atoms with van der Waals surface area (Å²) in [5.41, 5.74) is 0.543. The molecular formula is C32H45N3O4S. The first-order chi connectivity index (χ1) is 19.0.